The zero-order chi connectivity index (χ0) is 22.0. The second kappa shape index (κ2) is 8.55. The summed E-state index contributed by atoms with van der Waals surface area (Å²) in [5, 5.41) is 0. The molecule has 31 heavy (non-hydrogen) atoms. The van der Waals surface area contributed by atoms with Gasteiger partial charge in [0.05, 0.1) is 19.4 Å². The van der Waals surface area contributed by atoms with Gasteiger partial charge in [-0.25, -0.2) is 9.78 Å². The van der Waals surface area contributed by atoms with Crippen molar-refractivity contribution in [2.75, 3.05) is 0 Å². The molecule has 0 unspecified atom stereocenters. The molecule has 0 aliphatic rings. The van der Waals surface area contributed by atoms with Gasteiger partial charge in [0, 0.05) is 12.1 Å². The molecule has 0 atom stereocenters. The number of nitrogens with zero attached hydrogens (tertiary/aromatic N) is 4. The topological polar surface area (TPSA) is 78.9 Å². The highest BCUT2D eigenvalue weighted by molar-refractivity contribution is 5.96. The molecular weight excluding hydrogens is 392 g/mol. The normalized spacial score (nSPS) is 11.2. The lowest BCUT2D eigenvalue weighted by Crippen LogP contribution is -2.42. The van der Waals surface area contributed by atoms with Gasteiger partial charge in [-0.15, -0.1) is 0 Å². The van der Waals surface area contributed by atoms with Crippen molar-refractivity contribution in [3.63, 3.8) is 0 Å². The summed E-state index contributed by atoms with van der Waals surface area (Å²) in [4.78, 5) is 43.7. The lowest BCUT2D eigenvalue weighted by molar-refractivity contribution is 0.0969. The molecule has 0 N–H and O–H groups in total. The first-order chi connectivity index (χ1) is 15.0. The van der Waals surface area contributed by atoms with Crippen molar-refractivity contribution in [3.05, 3.63) is 98.5 Å². The molecule has 2 heterocycles. The van der Waals surface area contributed by atoms with Crippen LogP contribution in [0.5, 0.6) is 0 Å². The highest BCUT2D eigenvalue weighted by atomic mass is 16.2. The molecule has 0 fully saturated rings. The number of benzene rings is 2. The lowest BCUT2D eigenvalue weighted by Gasteiger charge is -2.12. The first kappa shape index (κ1) is 20.5. The molecule has 7 heteroatoms. The van der Waals surface area contributed by atoms with E-state index in [4.69, 9.17) is 0 Å². The number of fused-ring (bicyclic) bond motifs is 1. The molecule has 2 aromatic carbocycles. The Balaban J connectivity index is 1.83. The summed E-state index contributed by atoms with van der Waals surface area (Å²) in [5.74, 6) is -0.282. The second-order valence-electron chi connectivity index (χ2n) is 7.42. The Morgan fingerprint density at radius 3 is 2.26 bits per heavy atom. The highest BCUT2D eigenvalue weighted by Gasteiger charge is 2.20. The van der Waals surface area contributed by atoms with E-state index in [1.165, 1.54) is 4.57 Å². The van der Waals surface area contributed by atoms with Gasteiger partial charge in [-0.1, -0.05) is 61.5 Å². The van der Waals surface area contributed by atoms with Crippen LogP contribution in [0.1, 0.15) is 35.3 Å². The van der Waals surface area contributed by atoms with Crippen LogP contribution in [-0.4, -0.2) is 24.5 Å². The summed E-state index contributed by atoms with van der Waals surface area (Å²) in [6.45, 7) is 4.41. The van der Waals surface area contributed by atoms with Crippen LogP contribution in [0, 0.1) is 0 Å². The largest absolute Gasteiger partial charge is 0.333 e. The Bertz CT molecular complexity index is 1350. The fraction of sp³-hybridized carbons (Fsp3) is 0.250. The van der Waals surface area contributed by atoms with Crippen LogP contribution in [0.15, 0.2) is 70.5 Å². The minimum absolute atomic E-state index is 0.260. The number of hydrogen-bond donors (Lipinski definition) is 0. The second-order valence-corrected chi connectivity index (χ2v) is 7.42. The third-order valence-corrected chi connectivity index (χ3v) is 5.49. The number of rotatable bonds is 7. The van der Waals surface area contributed by atoms with Gasteiger partial charge >= 0.3 is 5.69 Å². The van der Waals surface area contributed by atoms with Gasteiger partial charge in [-0.2, -0.15) is 0 Å². The van der Waals surface area contributed by atoms with Gasteiger partial charge in [0.15, 0.2) is 16.9 Å². The first-order valence-corrected chi connectivity index (χ1v) is 10.4. The van der Waals surface area contributed by atoms with Crippen LogP contribution in [0.25, 0.3) is 11.2 Å². The monoisotopic (exact) mass is 416 g/mol. The molecule has 2 aromatic heterocycles. The van der Waals surface area contributed by atoms with E-state index in [0.717, 1.165) is 22.1 Å². The summed E-state index contributed by atoms with van der Waals surface area (Å²) in [6, 6.07) is 16.8. The van der Waals surface area contributed by atoms with E-state index < -0.39 is 11.2 Å². The van der Waals surface area contributed by atoms with Gasteiger partial charge in [-0.05, 0) is 24.5 Å². The van der Waals surface area contributed by atoms with E-state index in [-0.39, 0.29) is 18.9 Å². The molecule has 0 bridgehead atoms. The van der Waals surface area contributed by atoms with Crippen molar-refractivity contribution in [2.45, 2.75) is 39.9 Å². The molecule has 4 rings (SSSR count). The quantitative estimate of drug-likeness (QED) is 0.434. The van der Waals surface area contributed by atoms with Crippen molar-refractivity contribution in [3.8, 4) is 0 Å². The van der Waals surface area contributed by atoms with Gasteiger partial charge in [0.25, 0.3) is 5.56 Å². The first-order valence-electron chi connectivity index (χ1n) is 10.4. The molecule has 158 valence electrons. The molecule has 0 radical (unpaired) electrons. The third kappa shape index (κ3) is 3.86. The maximum absolute atomic E-state index is 13.3. The maximum atomic E-state index is 13.3. The smallest absolute Gasteiger partial charge is 0.325 e. The van der Waals surface area contributed by atoms with Crippen molar-refractivity contribution in [2.24, 2.45) is 0 Å². The Morgan fingerprint density at radius 2 is 1.61 bits per heavy atom. The highest BCUT2D eigenvalue weighted by Crippen LogP contribution is 2.11. The maximum Gasteiger partial charge on any atom is 0.333 e. The fourth-order valence-electron chi connectivity index (χ4n) is 3.69. The molecule has 7 nitrogen and oxygen atoms in total. The van der Waals surface area contributed by atoms with Crippen molar-refractivity contribution in [1.82, 2.24) is 18.7 Å². The van der Waals surface area contributed by atoms with Crippen LogP contribution < -0.4 is 11.2 Å². The van der Waals surface area contributed by atoms with Crippen LogP contribution in [0.4, 0.5) is 0 Å². The van der Waals surface area contributed by atoms with E-state index in [0.29, 0.717) is 23.3 Å². The number of aryl methyl sites for hydroxylation is 2. The van der Waals surface area contributed by atoms with Gasteiger partial charge in [0.2, 0.25) is 0 Å². The SMILES string of the molecule is CCc1ccc(C(=O)Cn2c(=O)c3c(ncn3CC)n(Cc3ccccc3)c2=O)cc1. The van der Waals surface area contributed by atoms with Crippen LogP contribution >= 0.6 is 0 Å². The standard InChI is InChI=1S/C24H24N4O3/c1-3-17-10-12-19(13-11-17)20(29)15-28-23(30)21-22(25-16-26(21)4-2)27(24(28)31)14-18-8-6-5-7-9-18/h5-13,16H,3-4,14-15H2,1-2H3. The Kier molecular flexibility index (Phi) is 5.66. The molecule has 0 aliphatic heterocycles. The van der Waals surface area contributed by atoms with Gasteiger partial charge < -0.3 is 4.57 Å². The minimum Gasteiger partial charge on any atom is -0.325 e. The summed E-state index contributed by atoms with van der Waals surface area (Å²) >= 11 is 0. The minimum atomic E-state index is -0.541. The third-order valence-electron chi connectivity index (χ3n) is 5.49. The number of Topliss-reactive ketones (excluding diaryl/α,β-unsaturated/α-hetero) is 1. The van der Waals surface area contributed by atoms with E-state index in [1.807, 2.05) is 56.3 Å². The Hall–Kier alpha value is -3.74. The number of ketones is 1. The van der Waals surface area contributed by atoms with Crippen LogP contribution in [0.3, 0.4) is 0 Å². The van der Waals surface area contributed by atoms with Gasteiger partial charge in [-0.3, -0.25) is 18.7 Å². The molecule has 0 aliphatic carbocycles. The van der Waals surface area contributed by atoms with E-state index in [1.54, 1.807) is 23.0 Å². The number of carbonyl (C=O) groups is 1. The average molecular weight is 416 g/mol. The summed E-state index contributed by atoms with van der Waals surface area (Å²) in [5.41, 5.74) is 2.12. The number of aromatic nitrogens is 4. The Labute approximate surface area is 179 Å². The zero-order valence-electron chi connectivity index (χ0n) is 17.6. The van der Waals surface area contributed by atoms with E-state index >= 15 is 0 Å². The van der Waals surface area contributed by atoms with Crippen molar-refractivity contribution < 1.29 is 4.79 Å². The van der Waals surface area contributed by atoms with Crippen LogP contribution in [-0.2, 0) is 26.1 Å². The summed E-state index contributed by atoms with van der Waals surface area (Å²) < 4.78 is 4.19. The molecule has 0 spiro atoms. The number of hydrogen-bond acceptors (Lipinski definition) is 4. The summed E-state index contributed by atoms with van der Waals surface area (Å²) in [7, 11) is 0. The average Bonchev–Trinajstić information content (AvgIpc) is 3.24. The lowest BCUT2D eigenvalue weighted by atomic mass is 10.1. The number of carbonyl (C=O) groups excluding carboxylic acids is 1. The zero-order valence-corrected chi connectivity index (χ0v) is 17.6. The van der Waals surface area contributed by atoms with Crippen molar-refractivity contribution in [1.29, 1.82) is 0 Å². The molecule has 4 aromatic rings. The molecule has 0 amide bonds. The molecular formula is C24H24N4O3. The van der Waals surface area contributed by atoms with E-state index in [9.17, 15) is 14.4 Å². The predicted molar refractivity (Wildman–Crippen MR) is 120 cm³/mol. The van der Waals surface area contributed by atoms with Gasteiger partial charge in [0.1, 0.15) is 0 Å². The Morgan fingerprint density at radius 1 is 0.903 bits per heavy atom. The predicted octanol–water partition coefficient (Wildman–Crippen LogP) is 2.87. The van der Waals surface area contributed by atoms with E-state index in [2.05, 4.69) is 4.98 Å². The van der Waals surface area contributed by atoms with Crippen LogP contribution in [0.2, 0.25) is 0 Å². The number of imidazole rings is 1. The fourth-order valence-corrected chi connectivity index (χ4v) is 3.69. The summed E-state index contributed by atoms with van der Waals surface area (Å²) in [6.07, 6.45) is 2.43. The molecule has 0 saturated heterocycles. The molecule has 0 saturated carbocycles. The van der Waals surface area contributed by atoms with Crippen molar-refractivity contribution >= 4 is 16.9 Å².